The second kappa shape index (κ2) is 12.1. The Labute approximate surface area is 241 Å². The van der Waals surface area contributed by atoms with Crippen molar-refractivity contribution in [2.45, 2.75) is 32.2 Å². The number of β-amino-alcohol motifs (C(OH)–C–C–N with tert-alkyl or cyclic N) is 1. The molecule has 6 rings (SSSR count). The molecular weight excluding hydrogens is 518 g/mol. The average molecular weight is 558 g/mol. The maximum atomic E-state index is 10.2. The number of hydrogen-bond acceptors (Lipinski definition) is 11. The average Bonchev–Trinajstić information content (AvgIpc) is 3.20. The molecule has 1 unspecified atom stereocenters. The maximum Gasteiger partial charge on any atom is 0.227 e. The van der Waals surface area contributed by atoms with Crippen molar-refractivity contribution in [3.63, 3.8) is 0 Å². The van der Waals surface area contributed by atoms with E-state index < -0.39 is 6.10 Å². The molecular formula is C30H39N9O2. The van der Waals surface area contributed by atoms with Crippen molar-refractivity contribution >= 4 is 28.4 Å². The van der Waals surface area contributed by atoms with Gasteiger partial charge in [0.1, 0.15) is 11.9 Å². The van der Waals surface area contributed by atoms with Crippen LogP contribution in [0.2, 0.25) is 0 Å². The van der Waals surface area contributed by atoms with Gasteiger partial charge in [-0.3, -0.25) is 9.88 Å². The van der Waals surface area contributed by atoms with E-state index in [0.717, 1.165) is 87.0 Å². The Morgan fingerprint density at radius 2 is 1.90 bits per heavy atom. The van der Waals surface area contributed by atoms with Gasteiger partial charge in [0.15, 0.2) is 0 Å². The van der Waals surface area contributed by atoms with Crippen molar-refractivity contribution in [2.24, 2.45) is 0 Å². The second-order valence-corrected chi connectivity index (χ2v) is 11.4. The van der Waals surface area contributed by atoms with Crippen LogP contribution in [0.15, 0.2) is 36.5 Å². The van der Waals surface area contributed by atoms with E-state index in [-0.39, 0.29) is 12.2 Å². The Bertz CT molecular complexity index is 1400. The standard InChI is InChI=1S/C30H39N9O2/c1-21-14-28(35-30(34-21)38-9-8-32-16-24(40)18-38)37-12-10-36(11-13-37)19-25-20-39(17-22(2)41-25)27-6-5-23(15-31)29-26(27)4-3-7-33-29/h3-7,14,22,24-25,32,40H,8-13,16-20H2,1-2H3/t22-,24?,25+/m1/s1. The van der Waals surface area contributed by atoms with Gasteiger partial charge in [0, 0.05) is 101 Å². The predicted molar refractivity (Wildman–Crippen MR) is 160 cm³/mol. The molecule has 3 saturated heterocycles. The minimum Gasteiger partial charge on any atom is -0.390 e. The third-order valence-electron chi connectivity index (χ3n) is 8.17. The van der Waals surface area contributed by atoms with Crippen molar-refractivity contribution in [1.82, 2.24) is 25.2 Å². The molecule has 3 atom stereocenters. The lowest BCUT2D eigenvalue weighted by molar-refractivity contribution is -0.0327. The highest BCUT2D eigenvalue weighted by Gasteiger charge is 2.30. The van der Waals surface area contributed by atoms with Crippen LogP contribution in [0.25, 0.3) is 10.9 Å². The topological polar surface area (TPSA) is 117 Å². The van der Waals surface area contributed by atoms with Crippen molar-refractivity contribution in [2.75, 3.05) is 86.7 Å². The minimum absolute atomic E-state index is 0.0867. The summed E-state index contributed by atoms with van der Waals surface area (Å²) in [6.45, 7) is 13.0. The van der Waals surface area contributed by atoms with E-state index in [1.54, 1.807) is 6.20 Å². The summed E-state index contributed by atoms with van der Waals surface area (Å²) in [6.07, 6.45) is 1.51. The van der Waals surface area contributed by atoms with Crippen molar-refractivity contribution in [1.29, 1.82) is 5.26 Å². The highest BCUT2D eigenvalue weighted by molar-refractivity contribution is 5.95. The molecule has 0 saturated carbocycles. The van der Waals surface area contributed by atoms with Crippen molar-refractivity contribution < 1.29 is 9.84 Å². The van der Waals surface area contributed by atoms with Gasteiger partial charge in [-0.2, -0.15) is 10.2 Å². The molecule has 3 aliphatic heterocycles. The summed E-state index contributed by atoms with van der Waals surface area (Å²) in [5.41, 5.74) is 3.41. The second-order valence-electron chi connectivity index (χ2n) is 11.4. The molecule has 3 aromatic rings. The number of piperazine rings is 1. The number of nitrogens with one attached hydrogen (secondary N) is 1. The Balaban J connectivity index is 1.10. The molecule has 0 spiro atoms. The number of ether oxygens (including phenoxy) is 1. The van der Waals surface area contributed by atoms with Crippen LogP contribution in [0.3, 0.4) is 0 Å². The fraction of sp³-hybridized carbons (Fsp3) is 0.533. The number of hydrogen-bond donors (Lipinski definition) is 2. The summed E-state index contributed by atoms with van der Waals surface area (Å²) in [5, 5.41) is 24.1. The first-order chi connectivity index (χ1) is 20.0. The zero-order valence-electron chi connectivity index (χ0n) is 23.9. The zero-order valence-corrected chi connectivity index (χ0v) is 23.9. The fourth-order valence-electron chi connectivity index (χ4n) is 6.23. The molecule has 11 heteroatoms. The van der Waals surface area contributed by atoms with Gasteiger partial charge in [0.05, 0.1) is 29.4 Å². The third-order valence-corrected chi connectivity index (χ3v) is 8.17. The summed E-state index contributed by atoms with van der Waals surface area (Å²) in [7, 11) is 0. The number of morpholine rings is 1. The molecule has 2 N–H and O–H groups in total. The van der Waals surface area contributed by atoms with Crippen LogP contribution in [0.1, 0.15) is 18.2 Å². The first kappa shape index (κ1) is 27.6. The van der Waals surface area contributed by atoms with E-state index in [0.29, 0.717) is 24.6 Å². The fourth-order valence-corrected chi connectivity index (χ4v) is 6.23. The lowest BCUT2D eigenvalue weighted by atomic mass is 10.1. The number of pyridine rings is 1. The van der Waals surface area contributed by atoms with E-state index in [1.807, 2.05) is 19.1 Å². The highest BCUT2D eigenvalue weighted by atomic mass is 16.5. The van der Waals surface area contributed by atoms with Gasteiger partial charge in [-0.25, -0.2) is 4.98 Å². The van der Waals surface area contributed by atoms with Crippen molar-refractivity contribution in [3.8, 4) is 6.07 Å². The summed E-state index contributed by atoms with van der Waals surface area (Å²) >= 11 is 0. The lowest BCUT2D eigenvalue weighted by Gasteiger charge is -2.42. The molecule has 41 heavy (non-hydrogen) atoms. The molecule has 0 bridgehead atoms. The molecule has 0 aliphatic carbocycles. The Hall–Kier alpha value is -3.56. The van der Waals surface area contributed by atoms with E-state index in [2.05, 4.69) is 66.1 Å². The van der Waals surface area contributed by atoms with E-state index in [9.17, 15) is 10.4 Å². The van der Waals surface area contributed by atoms with E-state index in [1.165, 1.54) is 0 Å². The van der Waals surface area contributed by atoms with Gasteiger partial charge >= 0.3 is 0 Å². The van der Waals surface area contributed by atoms with Crippen LogP contribution < -0.4 is 20.0 Å². The molecule has 3 fully saturated rings. The first-order valence-corrected chi connectivity index (χ1v) is 14.6. The number of nitrogens with zero attached hydrogens (tertiary/aromatic N) is 8. The molecule has 11 nitrogen and oxygen atoms in total. The molecule has 3 aliphatic rings. The molecule has 216 valence electrons. The van der Waals surface area contributed by atoms with Gasteiger partial charge in [-0.15, -0.1) is 0 Å². The van der Waals surface area contributed by atoms with Crippen LogP contribution in [0.5, 0.6) is 0 Å². The highest BCUT2D eigenvalue weighted by Crippen LogP contribution is 2.30. The number of anilines is 3. The third kappa shape index (κ3) is 6.21. The largest absolute Gasteiger partial charge is 0.390 e. The van der Waals surface area contributed by atoms with Crippen LogP contribution in [-0.4, -0.2) is 115 Å². The maximum absolute atomic E-state index is 10.2. The molecule has 1 aromatic carbocycles. The van der Waals surface area contributed by atoms with Crippen LogP contribution in [0, 0.1) is 18.3 Å². The monoisotopic (exact) mass is 557 g/mol. The number of aliphatic hydroxyl groups is 1. The summed E-state index contributed by atoms with van der Waals surface area (Å²) in [5.74, 6) is 1.65. The summed E-state index contributed by atoms with van der Waals surface area (Å²) < 4.78 is 6.41. The SMILES string of the molecule is Cc1cc(N2CCN(C[C@H]3CN(c4ccc(C#N)c5ncccc45)C[C@@H](C)O3)CC2)nc(N2CCNCC(O)C2)n1. The number of nitriles is 1. The molecule has 0 amide bonds. The number of aliphatic hydroxyl groups excluding tert-OH is 1. The Morgan fingerprint density at radius 1 is 1.05 bits per heavy atom. The van der Waals surface area contributed by atoms with Gasteiger partial charge in [-0.05, 0) is 38.1 Å². The number of aromatic nitrogens is 3. The quantitative estimate of drug-likeness (QED) is 0.474. The lowest BCUT2D eigenvalue weighted by Crippen LogP contribution is -2.54. The summed E-state index contributed by atoms with van der Waals surface area (Å²) in [4.78, 5) is 23.4. The number of rotatable bonds is 5. The van der Waals surface area contributed by atoms with Crippen molar-refractivity contribution in [3.05, 3.63) is 47.8 Å². The normalized spacial score (nSPS) is 24.3. The smallest absolute Gasteiger partial charge is 0.227 e. The van der Waals surface area contributed by atoms with Gasteiger partial charge in [0.2, 0.25) is 5.95 Å². The van der Waals surface area contributed by atoms with Gasteiger partial charge < -0.3 is 29.9 Å². The first-order valence-electron chi connectivity index (χ1n) is 14.6. The summed E-state index contributed by atoms with van der Waals surface area (Å²) in [6, 6.07) is 12.3. The number of benzene rings is 1. The van der Waals surface area contributed by atoms with Gasteiger partial charge in [-0.1, -0.05) is 0 Å². The molecule has 0 radical (unpaired) electrons. The zero-order chi connectivity index (χ0) is 28.3. The Morgan fingerprint density at radius 3 is 2.73 bits per heavy atom. The Kier molecular flexibility index (Phi) is 8.16. The molecule has 2 aromatic heterocycles. The number of fused-ring (bicyclic) bond motifs is 1. The molecule has 5 heterocycles. The van der Waals surface area contributed by atoms with Crippen LogP contribution in [-0.2, 0) is 4.74 Å². The van der Waals surface area contributed by atoms with E-state index in [4.69, 9.17) is 9.72 Å². The van der Waals surface area contributed by atoms with Crippen LogP contribution >= 0.6 is 0 Å². The van der Waals surface area contributed by atoms with E-state index >= 15 is 0 Å². The van der Waals surface area contributed by atoms with Crippen LogP contribution in [0.4, 0.5) is 17.5 Å². The van der Waals surface area contributed by atoms with Gasteiger partial charge in [0.25, 0.3) is 0 Å². The number of aryl methyl sites for hydroxylation is 1. The predicted octanol–water partition coefficient (Wildman–Crippen LogP) is 1.39. The minimum atomic E-state index is -0.429.